The lowest BCUT2D eigenvalue weighted by Crippen LogP contribution is -2.23. The number of thioether (sulfide) groups is 1. The van der Waals surface area contributed by atoms with Gasteiger partial charge >= 0.3 is 0 Å². The molecule has 4 rings (SSSR count). The molecule has 4 aromatic rings. The zero-order valence-corrected chi connectivity index (χ0v) is 22.5. The SMILES string of the molecule is C=CCn1c(CNC(=O)C=Cc2ccc(OC)c(OC)c2)nnc1SCC(=O)Nc1cccc2ccccc12. The van der Waals surface area contributed by atoms with Crippen LogP contribution >= 0.6 is 11.8 Å². The van der Waals surface area contributed by atoms with Gasteiger partial charge in [0.15, 0.2) is 22.5 Å². The molecule has 0 saturated carbocycles. The molecular weight excluding hydrogens is 514 g/mol. The molecule has 0 bridgehead atoms. The Labute approximate surface area is 230 Å². The van der Waals surface area contributed by atoms with E-state index in [0.717, 1.165) is 22.0 Å². The molecule has 2 N–H and O–H groups in total. The molecule has 9 nitrogen and oxygen atoms in total. The number of nitrogens with one attached hydrogen (secondary N) is 2. The minimum Gasteiger partial charge on any atom is -0.493 e. The smallest absolute Gasteiger partial charge is 0.244 e. The quantitative estimate of drug-likeness (QED) is 0.152. The van der Waals surface area contributed by atoms with Gasteiger partial charge in [0, 0.05) is 23.7 Å². The molecule has 39 heavy (non-hydrogen) atoms. The molecular formula is C29H29N5O4S. The number of anilines is 1. The van der Waals surface area contributed by atoms with Crippen molar-refractivity contribution in [3.05, 3.63) is 90.8 Å². The fourth-order valence-electron chi connectivity index (χ4n) is 3.87. The van der Waals surface area contributed by atoms with E-state index in [4.69, 9.17) is 9.47 Å². The lowest BCUT2D eigenvalue weighted by atomic mass is 10.1. The van der Waals surface area contributed by atoms with E-state index in [0.29, 0.717) is 29.0 Å². The number of benzene rings is 3. The maximum absolute atomic E-state index is 12.7. The highest BCUT2D eigenvalue weighted by Gasteiger charge is 2.15. The first-order valence-corrected chi connectivity index (χ1v) is 13.1. The molecule has 3 aromatic carbocycles. The van der Waals surface area contributed by atoms with Crippen LogP contribution in [-0.4, -0.2) is 46.6 Å². The van der Waals surface area contributed by atoms with Gasteiger partial charge in [0.1, 0.15) is 0 Å². The summed E-state index contributed by atoms with van der Waals surface area (Å²) < 4.78 is 12.4. The van der Waals surface area contributed by atoms with Crippen LogP contribution in [0.15, 0.2) is 84.6 Å². The number of carbonyl (C=O) groups is 2. The molecule has 1 aromatic heterocycles. The van der Waals surface area contributed by atoms with Gasteiger partial charge in [-0.25, -0.2) is 0 Å². The molecule has 10 heteroatoms. The second-order valence-corrected chi connectivity index (χ2v) is 9.27. The predicted octanol–water partition coefficient (Wildman–Crippen LogP) is 4.69. The number of carbonyl (C=O) groups excluding carboxylic acids is 2. The average Bonchev–Trinajstić information content (AvgIpc) is 3.35. The van der Waals surface area contributed by atoms with Gasteiger partial charge in [-0.05, 0) is 35.2 Å². The monoisotopic (exact) mass is 543 g/mol. The lowest BCUT2D eigenvalue weighted by molar-refractivity contribution is -0.116. The minimum absolute atomic E-state index is 0.152. The van der Waals surface area contributed by atoms with Crippen molar-refractivity contribution in [2.24, 2.45) is 0 Å². The van der Waals surface area contributed by atoms with Crippen LogP contribution in [0.1, 0.15) is 11.4 Å². The van der Waals surface area contributed by atoms with E-state index in [9.17, 15) is 9.59 Å². The average molecular weight is 544 g/mol. The zero-order valence-electron chi connectivity index (χ0n) is 21.7. The summed E-state index contributed by atoms with van der Waals surface area (Å²) in [5, 5.41) is 16.8. The topological polar surface area (TPSA) is 107 Å². The minimum atomic E-state index is -0.290. The van der Waals surface area contributed by atoms with Gasteiger partial charge < -0.3 is 24.7 Å². The van der Waals surface area contributed by atoms with Crippen molar-refractivity contribution < 1.29 is 19.1 Å². The second-order valence-electron chi connectivity index (χ2n) is 8.33. The molecule has 0 spiro atoms. The first-order valence-electron chi connectivity index (χ1n) is 12.1. The molecule has 200 valence electrons. The highest BCUT2D eigenvalue weighted by molar-refractivity contribution is 7.99. The van der Waals surface area contributed by atoms with E-state index in [1.165, 1.54) is 17.8 Å². The Morgan fingerprint density at radius 3 is 2.62 bits per heavy atom. The van der Waals surface area contributed by atoms with Crippen LogP contribution in [0, 0.1) is 0 Å². The fourth-order valence-corrected chi connectivity index (χ4v) is 4.64. The summed E-state index contributed by atoms with van der Waals surface area (Å²) in [6.07, 6.45) is 4.83. The molecule has 0 radical (unpaired) electrons. The summed E-state index contributed by atoms with van der Waals surface area (Å²) in [6, 6.07) is 19.1. The standard InChI is InChI=1S/C29H29N5O4S/c1-4-16-34-26(18-30-27(35)15-13-20-12-14-24(37-2)25(17-20)38-3)32-33-29(34)39-19-28(36)31-23-11-7-9-21-8-5-6-10-22(21)23/h4-15,17H,1,16,18-19H2,2-3H3,(H,30,35)(H,31,36). The van der Waals surface area contributed by atoms with Crippen molar-refractivity contribution in [3.63, 3.8) is 0 Å². The van der Waals surface area contributed by atoms with Crippen molar-refractivity contribution in [2.45, 2.75) is 18.2 Å². The molecule has 0 atom stereocenters. The van der Waals surface area contributed by atoms with Crippen molar-refractivity contribution >= 4 is 46.1 Å². The van der Waals surface area contributed by atoms with Crippen LogP contribution in [0.4, 0.5) is 5.69 Å². The number of fused-ring (bicyclic) bond motifs is 1. The van der Waals surface area contributed by atoms with Gasteiger partial charge in [-0.2, -0.15) is 0 Å². The van der Waals surface area contributed by atoms with Gasteiger partial charge in [-0.15, -0.1) is 16.8 Å². The van der Waals surface area contributed by atoms with E-state index in [2.05, 4.69) is 27.4 Å². The third kappa shape index (κ3) is 7.05. The number of aromatic nitrogens is 3. The summed E-state index contributed by atoms with van der Waals surface area (Å²) in [6.45, 7) is 4.40. The van der Waals surface area contributed by atoms with Crippen LogP contribution in [-0.2, 0) is 22.7 Å². The summed E-state index contributed by atoms with van der Waals surface area (Å²) >= 11 is 1.27. The first-order chi connectivity index (χ1) is 19.0. The summed E-state index contributed by atoms with van der Waals surface area (Å²) in [7, 11) is 3.12. The number of ether oxygens (including phenoxy) is 2. The van der Waals surface area contributed by atoms with Crippen LogP contribution in [0.5, 0.6) is 11.5 Å². The number of rotatable bonds is 12. The third-order valence-electron chi connectivity index (χ3n) is 5.76. The van der Waals surface area contributed by atoms with Gasteiger partial charge in [-0.1, -0.05) is 60.3 Å². The first kappa shape index (κ1) is 27.5. The maximum Gasteiger partial charge on any atom is 0.244 e. The summed E-state index contributed by atoms with van der Waals surface area (Å²) in [5.41, 5.74) is 1.55. The van der Waals surface area contributed by atoms with Gasteiger partial charge in [0.05, 0.1) is 26.5 Å². The van der Waals surface area contributed by atoms with Gasteiger partial charge in [0.25, 0.3) is 0 Å². The molecule has 0 unspecified atom stereocenters. The number of hydrogen-bond acceptors (Lipinski definition) is 7. The molecule has 2 amide bonds. The van der Waals surface area contributed by atoms with Crippen molar-refractivity contribution in [1.29, 1.82) is 0 Å². The lowest BCUT2D eigenvalue weighted by Gasteiger charge is -2.10. The Morgan fingerprint density at radius 1 is 1.03 bits per heavy atom. The largest absolute Gasteiger partial charge is 0.493 e. The van der Waals surface area contributed by atoms with E-state index >= 15 is 0 Å². The zero-order chi connectivity index (χ0) is 27.6. The highest BCUT2D eigenvalue weighted by atomic mass is 32.2. The van der Waals surface area contributed by atoms with Crippen molar-refractivity contribution in [3.8, 4) is 11.5 Å². The van der Waals surface area contributed by atoms with Crippen LogP contribution in [0.2, 0.25) is 0 Å². The van der Waals surface area contributed by atoms with Crippen LogP contribution in [0.3, 0.4) is 0 Å². The highest BCUT2D eigenvalue weighted by Crippen LogP contribution is 2.28. The fraction of sp³-hybridized carbons (Fsp3) is 0.172. The Hall–Kier alpha value is -4.57. The summed E-state index contributed by atoms with van der Waals surface area (Å²) in [5.74, 6) is 1.45. The second kappa shape index (κ2) is 13.3. The Bertz CT molecular complexity index is 1510. The van der Waals surface area contributed by atoms with Crippen LogP contribution in [0.25, 0.3) is 16.8 Å². The predicted molar refractivity (Wildman–Crippen MR) is 154 cm³/mol. The molecule has 0 aliphatic heterocycles. The Kier molecular flexibility index (Phi) is 9.36. The van der Waals surface area contributed by atoms with E-state index in [1.54, 1.807) is 38.5 Å². The number of amides is 2. The summed E-state index contributed by atoms with van der Waals surface area (Å²) in [4.78, 5) is 25.1. The molecule has 1 heterocycles. The number of methoxy groups -OCH3 is 2. The van der Waals surface area contributed by atoms with Crippen molar-refractivity contribution in [2.75, 3.05) is 25.3 Å². The Morgan fingerprint density at radius 2 is 1.82 bits per heavy atom. The van der Waals surface area contributed by atoms with E-state index in [1.807, 2.05) is 53.1 Å². The molecule has 0 aliphatic rings. The number of hydrogen-bond donors (Lipinski definition) is 2. The van der Waals surface area contributed by atoms with Gasteiger partial charge in [0.2, 0.25) is 11.8 Å². The normalized spacial score (nSPS) is 10.9. The van der Waals surface area contributed by atoms with Gasteiger partial charge in [-0.3, -0.25) is 9.59 Å². The van der Waals surface area contributed by atoms with Crippen molar-refractivity contribution in [1.82, 2.24) is 20.1 Å². The van der Waals surface area contributed by atoms with E-state index in [-0.39, 0.29) is 24.1 Å². The molecule has 0 fully saturated rings. The number of nitrogens with zero attached hydrogens (tertiary/aromatic N) is 3. The third-order valence-corrected chi connectivity index (χ3v) is 6.72. The van der Waals surface area contributed by atoms with E-state index < -0.39 is 0 Å². The molecule has 0 saturated heterocycles. The maximum atomic E-state index is 12.7. The van der Waals surface area contributed by atoms with Crippen LogP contribution < -0.4 is 20.1 Å². The number of allylic oxidation sites excluding steroid dienone is 1. The Balaban J connectivity index is 1.35. The molecule has 0 aliphatic carbocycles.